The summed E-state index contributed by atoms with van der Waals surface area (Å²) < 4.78 is 37.4. The Morgan fingerprint density at radius 1 is 1.25 bits per heavy atom. The smallest absolute Gasteiger partial charge is 0.338 e. The van der Waals surface area contributed by atoms with Crippen LogP contribution >= 0.6 is 0 Å². The molecule has 0 spiro atoms. The third-order valence-electron chi connectivity index (χ3n) is 4.71. The summed E-state index contributed by atoms with van der Waals surface area (Å²) >= 11 is 0. The van der Waals surface area contributed by atoms with Gasteiger partial charge in [-0.1, -0.05) is 13.0 Å². The van der Waals surface area contributed by atoms with Crippen molar-refractivity contribution in [2.24, 2.45) is 0 Å². The van der Waals surface area contributed by atoms with Gasteiger partial charge in [0.05, 0.1) is 23.7 Å². The maximum atomic E-state index is 12.9. The Bertz CT molecular complexity index is 829. The monoisotopic (exact) mass is 412 g/mol. The molecular weight excluding hydrogens is 384 g/mol. The number of nitrogens with zero attached hydrogens (tertiary/aromatic N) is 1. The molecule has 1 aromatic rings. The highest BCUT2D eigenvalue weighted by Crippen LogP contribution is 2.22. The number of aryl methyl sites for hydroxylation is 1. The van der Waals surface area contributed by atoms with Gasteiger partial charge >= 0.3 is 5.97 Å². The maximum Gasteiger partial charge on any atom is 0.338 e. The van der Waals surface area contributed by atoms with Gasteiger partial charge in [0.25, 0.3) is 5.91 Å². The van der Waals surface area contributed by atoms with Gasteiger partial charge in [0.2, 0.25) is 10.0 Å². The molecule has 0 radical (unpaired) electrons. The molecule has 1 amide bonds. The number of amides is 1. The highest BCUT2D eigenvalue weighted by atomic mass is 32.2. The van der Waals surface area contributed by atoms with Crippen molar-refractivity contribution < 1.29 is 27.5 Å². The Kier molecular flexibility index (Phi) is 7.19. The van der Waals surface area contributed by atoms with Crippen molar-refractivity contribution in [1.29, 1.82) is 0 Å². The summed E-state index contributed by atoms with van der Waals surface area (Å²) in [7, 11) is -3.74. The fourth-order valence-corrected chi connectivity index (χ4v) is 4.31. The van der Waals surface area contributed by atoms with Crippen LogP contribution < -0.4 is 5.32 Å². The van der Waals surface area contributed by atoms with Gasteiger partial charge < -0.3 is 14.8 Å². The average molecular weight is 413 g/mol. The number of benzene rings is 1. The molecule has 2 rings (SSSR count). The number of morpholine rings is 1. The second-order valence-corrected chi connectivity index (χ2v) is 9.26. The van der Waals surface area contributed by atoms with Crippen molar-refractivity contribution in [2.75, 3.05) is 32.9 Å². The number of carbonyl (C=O) groups excluding carboxylic acids is 2. The Morgan fingerprint density at radius 3 is 2.50 bits per heavy atom. The number of carbonyl (C=O) groups is 2. The maximum absolute atomic E-state index is 12.9. The summed E-state index contributed by atoms with van der Waals surface area (Å²) in [5.41, 5.74) is 0.220. The van der Waals surface area contributed by atoms with E-state index < -0.39 is 34.0 Å². The van der Waals surface area contributed by atoms with Crippen LogP contribution in [0.3, 0.4) is 0 Å². The summed E-state index contributed by atoms with van der Waals surface area (Å²) in [6, 6.07) is 4.35. The Labute approximate surface area is 166 Å². The van der Waals surface area contributed by atoms with Gasteiger partial charge in [0.1, 0.15) is 0 Å². The fourth-order valence-electron chi connectivity index (χ4n) is 2.65. The van der Waals surface area contributed by atoms with Crippen LogP contribution in [0.2, 0.25) is 0 Å². The van der Waals surface area contributed by atoms with Crippen molar-refractivity contribution in [3.63, 3.8) is 0 Å². The minimum absolute atomic E-state index is 0.0559. The average Bonchev–Trinajstić information content (AvgIpc) is 2.66. The van der Waals surface area contributed by atoms with E-state index in [1.54, 1.807) is 13.0 Å². The Hall–Kier alpha value is -1.97. The number of sulfonamides is 1. The van der Waals surface area contributed by atoms with Crippen molar-refractivity contribution in [3.05, 3.63) is 29.3 Å². The van der Waals surface area contributed by atoms with Gasteiger partial charge in [-0.3, -0.25) is 4.79 Å². The largest absolute Gasteiger partial charge is 0.452 e. The van der Waals surface area contributed by atoms with Crippen LogP contribution in [0, 0.1) is 6.92 Å². The van der Waals surface area contributed by atoms with Crippen molar-refractivity contribution in [1.82, 2.24) is 9.62 Å². The van der Waals surface area contributed by atoms with Crippen molar-refractivity contribution in [2.45, 2.75) is 44.6 Å². The van der Waals surface area contributed by atoms with Crippen LogP contribution in [0.25, 0.3) is 0 Å². The molecule has 1 heterocycles. The summed E-state index contributed by atoms with van der Waals surface area (Å²) in [5, 5.41) is 2.77. The zero-order valence-electron chi connectivity index (χ0n) is 16.8. The van der Waals surface area contributed by atoms with Gasteiger partial charge in [-0.15, -0.1) is 0 Å². The highest BCUT2D eigenvalue weighted by Gasteiger charge is 2.28. The normalized spacial score (nSPS) is 15.9. The Balaban J connectivity index is 2.11. The van der Waals surface area contributed by atoms with E-state index in [2.05, 4.69) is 5.32 Å². The van der Waals surface area contributed by atoms with Gasteiger partial charge in [-0.05, 0) is 44.9 Å². The molecule has 1 fully saturated rings. The molecule has 0 unspecified atom stereocenters. The van der Waals surface area contributed by atoms with Crippen molar-refractivity contribution >= 4 is 21.9 Å². The summed E-state index contributed by atoms with van der Waals surface area (Å²) in [5.74, 6) is -1.16. The molecule has 1 N–H and O–H groups in total. The molecule has 0 aromatic heterocycles. The molecule has 0 aliphatic carbocycles. The number of esters is 1. The third kappa shape index (κ3) is 5.52. The van der Waals surface area contributed by atoms with Gasteiger partial charge in [0.15, 0.2) is 6.61 Å². The van der Waals surface area contributed by atoms with E-state index >= 15 is 0 Å². The molecule has 0 saturated carbocycles. The number of hydrogen-bond donors (Lipinski definition) is 1. The standard InChI is InChI=1S/C19H28N2O6S/c1-5-19(3,4)20-17(22)13-27-18(23)15-7-6-14(2)16(12-15)28(24,25)21-8-10-26-11-9-21/h6-7,12H,5,8-11,13H2,1-4H3,(H,20,22). The Morgan fingerprint density at radius 2 is 1.89 bits per heavy atom. The quantitative estimate of drug-likeness (QED) is 0.681. The topological polar surface area (TPSA) is 102 Å². The minimum Gasteiger partial charge on any atom is -0.452 e. The lowest BCUT2D eigenvalue weighted by Gasteiger charge is -2.26. The first-order valence-electron chi connectivity index (χ1n) is 9.23. The molecule has 8 nitrogen and oxygen atoms in total. The van der Waals surface area contributed by atoms with Crippen LogP contribution in [0.15, 0.2) is 23.1 Å². The van der Waals surface area contributed by atoms with E-state index in [0.29, 0.717) is 18.8 Å². The van der Waals surface area contributed by atoms with Gasteiger partial charge in [0, 0.05) is 18.6 Å². The lowest BCUT2D eigenvalue weighted by Crippen LogP contribution is -2.44. The molecule has 156 valence electrons. The molecule has 1 aliphatic heterocycles. The second-order valence-electron chi connectivity index (χ2n) is 7.36. The van der Waals surface area contributed by atoms with Crippen LogP contribution in [0.5, 0.6) is 0 Å². The molecule has 1 aliphatic rings. The summed E-state index contributed by atoms with van der Waals surface area (Å²) in [6.07, 6.45) is 0.730. The second kappa shape index (κ2) is 9.02. The van der Waals surface area contributed by atoms with Crippen LogP contribution in [-0.4, -0.2) is 63.0 Å². The number of rotatable bonds is 7. The van der Waals surface area contributed by atoms with E-state index in [0.717, 1.165) is 6.42 Å². The molecular formula is C19H28N2O6S. The van der Waals surface area contributed by atoms with E-state index in [9.17, 15) is 18.0 Å². The summed E-state index contributed by atoms with van der Waals surface area (Å²) in [4.78, 5) is 24.3. The fraction of sp³-hybridized carbons (Fsp3) is 0.579. The predicted octanol–water partition coefficient (Wildman–Crippen LogP) is 1.48. The highest BCUT2D eigenvalue weighted by molar-refractivity contribution is 7.89. The van der Waals surface area contributed by atoms with Gasteiger partial charge in [-0.2, -0.15) is 4.31 Å². The van der Waals surface area contributed by atoms with E-state index in [1.165, 1.54) is 16.4 Å². The van der Waals surface area contributed by atoms with Crippen LogP contribution in [0.1, 0.15) is 43.1 Å². The number of nitrogens with one attached hydrogen (secondary N) is 1. The van der Waals surface area contributed by atoms with Gasteiger partial charge in [-0.25, -0.2) is 13.2 Å². The molecule has 1 saturated heterocycles. The first-order valence-corrected chi connectivity index (χ1v) is 10.7. The molecule has 0 atom stereocenters. The first kappa shape index (κ1) is 22.3. The van der Waals surface area contributed by atoms with E-state index in [-0.39, 0.29) is 23.5 Å². The predicted molar refractivity (Wildman–Crippen MR) is 104 cm³/mol. The molecule has 9 heteroatoms. The zero-order valence-corrected chi connectivity index (χ0v) is 17.6. The summed E-state index contributed by atoms with van der Waals surface area (Å²) in [6.45, 7) is 8.13. The lowest BCUT2D eigenvalue weighted by molar-refractivity contribution is -0.125. The van der Waals surface area contributed by atoms with E-state index in [4.69, 9.17) is 9.47 Å². The molecule has 0 bridgehead atoms. The van der Waals surface area contributed by atoms with E-state index in [1.807, 2.05) is 20.8 Å². The number of hydrogen-bond acceptors (Lipinski definition) is 6. The van der Waals surface area contributed by atoms with Crippen LogP contribution in [-0.2, 0) is 24.3 Å². The number of ether oxygens (including phenoxy) is 2. The SMILES string of the molecule is CCC(C)(C)NC(=O)COC(=O)c1ccc(C)c(S(=O)(=O)N2CCOCC2)c1. The zero-order chi connectivity index (χ0) is 20.9. The molecule has 1 aromatic carbocycles. The molecule has 28 heavy (non-hydrogen) atoms. The first-order chi connectivity index (χ1) is 13.1. The van der Waals surface area contributed by atoms with Crippen LogP contribution in [0.4, 0.5) is 0 Å². The van der Waals surface area contributed by atoms with Crippen molar-refractivity contribution in [3.8, 4) is 0 Å². The third-order valence-corrected chi connectivity index (χ3v) is 6.75. The minimum atomic E-state index is -3.74. The lowest BCUT2D eigenvalue weighted by atomic mass is 10.0.